The first-order chi connectivity index (χ1) is 21.7. The standard InChI is InChI=1S/C34H33Cl4N3O4S/c1-34(2,3)39-33(43)30(20-23-11-6-4-7-12-23)40(21-24-17-18-26(35)28(37)19-24)31(42)22-41(29-16-10-15-27(36)32(29)38)46(44,45)25-13-8-5-9-14-25/h4-19,30H,20-22H2,1-3H3,(H,39,43)/t30-/m1/s1. The lowest BCUT2D eigenvalue weighted by atomic mass is 10.0. The Morgan fingerprint density at radius 3 is 2.00 bits per heavy atom. The monoisotopic (exact) mass is 719 g/mol. The molecule has 0 aromatic heterocycles. The molecule has 0 aliphatic carbocycles. The van der Waals surface area contributed by atoms with Gasteiger partial charge < -0.3 is 10.2 Å². The Hall–Kier alpha value is -3.27. The highest BCUT2D eigenvalue weighted by Gasteiger charge is 2.36. The molecule has 0 saturated carbocycles. The van der Waals surface area contributed by atoms with Crippen molar-refractivity contribution in [2.45, 2.75) is 50.2 Å². The first-order valence-electron chi connectivity index (χ1n) is 14.3. The molecule has 0 aliphatic rings. The number of benzene rings is 4. The third-order valence-electron chi connectivity index (χ3n) is 6.92. The average Bonchev–Trinajstić information content (AvgIpc) is 3.01. The highest BCUT2D eigenvalue weighted by molar-refractivity contribution is 7.92. The minimum Gasteiger partial charge on any atom is -0.350 e. The Balaban J connectivity index is 1.86. The topological polar surface area (TPSA) is 86.8 Å². The van der Waals surface area contributed by atoms with Crippen LogP contribution in [0.5, 0.6) is 0 Å². The number of nitrogens with zero attached hydrogens (tertiary/aromatic N) is 2. The van der Waals surface area contributed by atoms with Crippen molar-refractivity contribution in [2.24, 2.45) is 0 Å². The van der Waals surface area contributed by atoms with Gasteiger partial charge in [0.1, 0.15) is 12.6 Å². The fraction of sp³-hybridized carbons (Fsp3) is 0.235. The summed E-state index contributed by atoms with van der Waals surface area (Å²) in [6, 6.07) is 25.3. The van der Waals surface area contributed by atoms with E-state index in [0.29, 0.717) is 10.6 Å². The summed E-state index contributed by atoms with van der Waals surface area (Å²) in [5.41, 5.74) is 0.777. The van der Waals surface area contributed by atoms with E-state index in [4.69, 9.17) is 46.4 Å². The van der Waals surface area contributed by atoms with Gasteiger partial charge in [-0.15, -0.1) is 0 Å². The van der Waals surface area contributed by atoms with Crippen molar-refractivity contribution < 1.29 is 18.0 Å². The van der Waals surface area contributed by atoms with Gasteiger partial charge >= 0.3 is 0 Å². The number of halogens is 4. The molecule has 12 heteroatoms. The molecular weight excluding hydrogens is 688 g/mol. The first-order valence-corrected chi connectivity index (χ1v) is 17.2. The van der Waals surface area contributed by atoms with Crippen LogP contribution in [0.15, 0.2) is 102 Å². The Morgan fingerprint density at radius 2 is 1.39 bits per heavy atom. The van der Waals surface area contributed by atoms with Crippen LogP contribution in [0, 0.1) is 0 Å². The van der Waals surface area contributed by atoms with Gasteiger partial charge in [0.25, 0.3) is 10.0 Å². The van der Waals surface area contributed by atoms with Gasteiger partial charge in [0.2, 0.25) is 11.8 Å². The summed E-state index contributed by atoms with van der Waals surface area (Å²) >= 11 is 25.4. The molecule has 46 heavy (non-hydrogen) atoms. The van der Waals surface area contributed by atoms with E-state index in [9.17, 15) is 18.0 Å². The number of hydrogen-bond acceptors (Lipinski definition) is 4. The van der Waals surface area contributed by atoms with Crippen LogP contribution in [0.3, 0.4) is 0 Å². The van der Waals surface area contributed by atoms with E-state index < -0.39 is 40.0 Å². The smallest absolute Gasteiger partial charge is 0.264 e. The second-order valence-corrected chi connectivity index (χ2v) is 15.1. The van der Waals surface area contributed by atoms with E-state index in [1.165, 1.54) is 29.2 Å². The molecule has 0 saturated heterocycles. The lowest BCUT2D eigenvalue weighted by Crippen LogP contribution is -2.56. The lowest BCUT2D eigenvalue weighted by Gasteiger charge is -2.35. The predicted molar refractivity (Wildman–Crippen MR) is 186 cm³/mol. The first kappa shape index (κ1) is 35.6. The molecule has 1 atom stereocenters. The van der Waals surface area contributed by atoms with Crippen molar-refractivity contribution in [1.29, 1.82) is 0 Å². The molecule has 0 aliphatic heterocycles. The fourth-order valence-electron chi connectivity index (χ4n) is 4.76. The van der Waals surface area contributed by atoms with Gasteiger partial charge in [0.15, 0.2) is 0 Å². The van der Waals surface area contributed by atoms with Crippen LogP contribution in [0.25, 0.3) is 0 Å². The van der Waals surface area contributed by atoms with Crippen molar-refractivity contribution in [3.8, 4) is 0 Å². The average molecular weight is 722 g/mol. The van der Waals surface area contributed by atoms with Crippen LogP contribution in [0.2, 0.25) is 20.1 Å². The van der Waals surface area contributed by atoms with E-state index in [1.807, 2.05) is 51.1 Å². The number of carbonyl (C=O) groups is 2. The maximum absolute atomic E-state index is 14.6. The number of sulfonamides is 1. The Kier molecular flexibility index (Phi) is 11.7. The van der Waals surface area contributed by atoms with E-state index >= 15 is 0 Å². The Labute approximate surface area is 290 Å². The number of amides is 2. The van der Waals surface area contributed by atoms with Crippen LogP contribution >= 0.6 is 46.4 Å². The van der Waals surface area contributed by atoms with Gasteiger partial charge in [-0.2, -0.15) is 0 Å². The molecule has 0 fully saturated rings. The SMILES string of the molecule is CC(C)(C)NC(=O)[C@@H](Cc1ccccc1)N(Cc1ccc(Cl)c(Cl)c1)C(=O)CN(c1cccc(Cl)c1Cl)S(=O)(=O)c1ccccc1. The molecule has 7 nitrogen and oxygen atoms in total. The summed E-state index contributed by atoms with van der Waals surface area (Å²) in [7, 11) is -4.34. The zero-order valence-electron chi connectivity index (χ0n) is 25.4. The Morgan fingerprint density at radius 1 is 0.761 bits per heavy atom. The predicted octanol–water partition coefficient (Wildman–Crippen LogP) is 8.05. The van der Waals surface area contributed by atoms with E-state index in [2.05, 4.69) is 5.32 Å². The third kappa shape index (κ3) is 8.96. The summed E-state index contributed by atoms with van der Waals surface area (Å²) in [6.07, 6.45) is 0.152. The minimum atomic E-state index is -4.34. The summed E-state index contributed by atoms with van der Waals surface area (Å²) < 4.78 is 29.2. The summed E-state index contributed by atoms with van der Waals surface area (Å²) in [5, 5.41) is 3.65. The van der Waals surface area contributed by atoms with Crippen LogP contribution in [-0.2, 0) is 32.6 Å². The van der Waals surface area contributed by atoms with Crippen LogP contribution in [0.1, 0.15) is 31.9 Å². The van der Waals surface area contributed by atoms with Crippen molar-refractivity contribution in [3.63, 3.8) is 0 Å². The normalized spacial score (nSPS) is 12.3. The maximum atomic E-state index is 14.6. The number of hydrogen-bond donors (Lipinski definition) is 1. The molecule has 0 unspecified atom stereocenters. The second kappa shape index (κ2) is 15.1. The van der Waals surface area contributed by atoms with Gasteiger partial charge in [0.05, 0.1) is 30.7 Å². The van der Waals surface area contributed by atoms with Crippen LogP contribution in [0.4, 0.5) is 5.69 Å². The van der Waals surface area contributed by atoms with E-state index in [1.54, 1.807) is 42.5 Å². The van der Waals surface area contributed by atoms with Gasteiger partial charge in [-0.3, -0.25) is 13.9 Å². The molecular formula is C34H33Cl4N3O4S. The van der Waals surface area contributed by atoms with Crippen LogP contribution in [-0.4, -0.2) is 43.3 Å². The molecule has 242 valence electrons. The van der Waals surface area contributed by atoms with Gasteiger partial charge in [-0.25, -0.2) is 8.42 Å². The molecule has 4 aromatic carbocycles. The van der Waals surface area contributed by atoms with Gasteiger partial charge in [-0.05, 0) is 68.3 Å². The fourth-order valence-corrected chi connectivity index (χ4v) is 6.97. The third-order valence-corrected chi connectivity index (χ3v) is 10.2. The van der Waals surface area contributed by atoms with Crippen molar-refractivity contribution >= 4 is 73.9 Å². The number of nitrogens with one attached hydrogen (secondary N) is 1. The Bertz CT molecular complexity index is 1800. The largest absolute Gasteiger partial charge is 0.350 e. The molecule has 0 radical (unpaired) electrons. The van der Waals surface area contributed by atoms with E-state index in [0.717, 1.165) is 9.87 Å². The zero-order chi connectivity index (χ0) is 33.6. The number of anilines is 1. The van der Waals surface area contributed by atoms with Gasteiger partial charge in [0, 0.05) is 18.5 Å². The highest BCUT2D eigenvalue weighted by Crippen LogP contribution is 2.36. The molecule has 4 rings (SSSR count). The molecule has 1 N–H and O–H groups in total. The summed E-state index contributed by atoms with van der Waals surface area (Å²) in [4.78, 5) is 29.8. The highest BCUT2D eigenvalue weighted by atomic mass is 35.5. The molecule has 0 bridgehead atoms. The second-order valence-electron chi connectivity index (χ2n) is 11.6. The minimum absolute atomic E-state index is 0.0135. The van der Waals surface area contributed by atoms with Crippen molar-refractivity contribution in [3.05, 3.63) is 128 Å². The molecule has 0 spiro atoms. The molecule has 0 heterocycles. The molecule has 2 amide bonds. The zero-order valence-corrected chi connectivity index (χ0v) is 29.2. The maximum Gasteiger partial charge on any atom is 0.264 e. The summed E-state index contributed by atoms with van der Waals surface area (Å²) in [5.74, 6) is -1.07. The van der Waals surface area contributed by atoms with Crippen LogP contribution < -0.4 is 9.62 Å². The van der Waals surface area contributed by atoms with E-state index in [-0.39, 0.29) is 38.6 Å². The van der Waals surface area contributed by atoms with Gasteiger partial charge in [-0.1, -0.05) is 107 Å². The number of rotatable bonds is 11. The quantitative estimate of drug-likeness (QED) is 0.170. The lowest BCUT2D eigenvalue weighted by molar-refractivity contribution is -0.140. The van der Waals surface area contributed by atoms with Crippen molar-refractivity contribution in [2.75, 3.05) is 10.8 Å². The summed E-state index contributed by atoms with van der Waals surface area (Å²) in [6.45, 7) is 4.75. The molecule has 4 aromatic rings. The number of carbonyl (C=O) groups excluding carboxylic acids is 2. The van der Waals surface area contributed by atoms with Crippen molar-refractivity contribution in [1.82, 2.24) is 10.2 Å².